The van der Waals surface area contributed by atoms with E-state index in [4.69, 9.17) is 0 Å². The van der Waals surface area contributed by atoms with Gasteiger partial charge in [-0.25, -0.2) is 0 Å². The highest BCUT2D eigenvalue weighted by atomic mass is 14.8. The molecular formula is C11H18. The maximum absolute atomic E-state index is 2.49. The lowest BCUT2D eigenvalue weighted by molar-refractivity contribution is -0.327. The first-order valence-electron chi connectivity index (χ1n) is 5.19. The van der Waals surface area contributed by atoms with Crippen molar-refractivity contribution in [2.24, 2.45) is 35.0 Å². The fraction of sp³-hybridized carbons (Fsp3) is 1.00. The number of rotatable bonds is 0. The summed E-state index contributed by atoms with van der Waals surface area (Å²) in [6, 6.07) is 0. The van der Waals surface area contributed by atoms with Gasteiger partial charge >= 0.3 is 0 Å². The predicted molar refractivity (Wildman–Crippen MR) is 46.1 cm³/mol. The van der Waals surface area contributed by atoms with Crippen LogP contribution in [0.15, 0.2) is 0 Å². The minimum Gasteiger partial charge on any atom is -0.0619 e. The van der Waals surface area contributed by atoms with Crippen LogP contribution >= 0.6 is 0 Å². The highest BCUT2D eigenvalue weighted by Gasteiger charge is 2.75. The van der Waals surface area contributed by atoms with E-state index in [2.05, 4.69) is 20.8 Å². The normalized spacial score (nSPS) is 71.7. The van der Waals surface area contributed by atoms with Crippen molar-refractivity contribution in [1.29, 1.82) is 0 Å². The van der Waals surface area contributed by atoms with Crippen LogP contribution in [0.25, 0.3) is 0 Å². The van der Waals surface area contributed by atoms with Crippen LogP contribution in [0, 0.1) is 35.0 Å². The van der Waals surface area contributed by atoms with E-state index in [0.29, 0.717) is 0 Å². The van der Waals surface area contributed by atoms with Gasteiger partial charge in [-0.2, -0.15) is 0 Å². The molecule has 11 heavy (non-hydrogen) atoms. The summed E-state index contributed by atoms with van der Waals surface area (Å²) in [5.74, 6) is 5.47. The molecule has 0 nitrogen and oxygen atoms in total. The van der Waals surface area contributed by atoms with Crippen LogP contribution in [-0.2, 0) is 0 Å². The van der Waals surface area contributed by atoms with Gasteiger partial charge in [-0.15, -0.1) is 0 Å². The Bertz CT molecular complexity index is 194. The van der Waals surface area contributed by atoms with Crippen molar-refractivity contribution >= 4 is 0 Å². The van der Waals surface area contributed by atoms with Gasteiger partial charge in [-0.3, -0.25) is 0 Å². The van der Waals surface area contributed by atoms with Gasteiger partial charge in [0.05, 0.1) is 0 Å². The van der Waals surface area contributed by atoms with Crippen molar-refractivity contribution in [3.8, 4) is 0 Å². The maximum Gasteiger partial charge on any atom is -0.0184 e. The van der Waals surface area contributed by atoms with Gasteiger partial charge in [0.15, 0.2) is 0 Å². The quantitative estimate of drug-likeness (QED) is 0.498. The Morgan fingerprint density at radius 3 is 2.18 bits per heavy atom. The molecule has 3 fully saturated rings. The Kier molecular flexibility index (Phi) is 0.906. The third-order valence-electron chi connectivity index (χ3n) is 5.59. The zero-order valence-corrected chi connectivity index (χ0v) is 7.80. The Morgan fingerprint density at radius 2 is 1.82 bits per heavy atom. The summed E-state index contributed by atoms with van der Waals surface area (Å²) in [5.41, 5.74) is 0.888. The predicted octanol–water partition coefficient (Wildman–Crippen LogP) is 2.93. The van der Waals surface area contributed by atoms with Crippen LogP contribution in [-0.4, -0.2) is 0 Å². The molecule has 1 spiro atoms. The van der Waals surface area contributed by atoms with Crippen molar-refractivity contribution in [3.05, 3.63) is 0 Å². The number of hydrogen-bond donors (Lipinski definition) is 0. The van der Waals surface area contributed by atoms with E-state index in [-0.39, 0.29) is 0 Å². The van der Waals surface area contributed by atoms with Crippen molar-refractivity contribution in [2.45, 2.75) is 33.6 Å². The van der Waals surface area contributed by atoms with E-state index in [1.54, 1.807) is 12.8 Å². The van der Waals surface area contributed by atoms with E-state index in [9.17, 15) is 0 Å². The Hall–Kier alpha value is 0. The van der Waals surface area contributed by atoms with Crippen LogP contribution in [0.2, 0.25) is 0 Å². The van der Waals surface area contributed by atoms with Crippen molar-refractivity contribution < 1.29 is 0 Å². The molecule has 0 N–H and O–H groups in total. The van der Waals surface area contributed by atoms with E-state index in [1.165, 1.54) is 0 Å². The van der Waals surface area contributed by atoms with Gasteiger partial charge in [-0.05, 0) is 47.8 Å². The Balaban J connectivity index is 1.92. The van der Waals surface area contributed by atoms with Crippen LogP contribution in [0.1, 0.15) is 33.6 Å². The third kappa shape index (κ3) is 0.400. The molecule has 6 atom stereocenters. The lowest BCUT2D eigenvalue weighted by Crippen LogP contribution is -2.75. The van der Waals surface area contributed by atoms with E-state index >= 15 is 0 Å². The molecule has 0 aromatic rings. The second-order valence-corrected chi connectivity index (χ2v) is 5.32. The standard InChI is InChI=1S/C11H18/c1-6-4-9-5-10-7(2)8(3)11(6,9)10/h6-10H,4-5H2,1-3H3. The molecule has 3 aliphatic rings. The molecule has 0 aliphatic heterocycles. The summed E-state index contributed by atoms with van der Waals surface area (Å²) < 4.78 is 0. The number of hydrogen-bond acceptors (Lipinski definition) is 0. The van der Waals surface area contributed by atoms with E-state index < -0.39 is 0 Å². The van der Waals surface area contributed by atoms with E-state index in [1.807, 2.05) is 0 Å². The van der Waals surface area contributed by atoms with Crippen LogP contribution in [0.3, 0.4) is 0 Å². The molecule has 0 heterocycles. The smallest absolute Gasteiger partial charge is 0.0184 e. The van der Waals surface area contributed by atoms with Crippen molar-refractivity contribution in [1.82, 2.24) is 0 Å². The molecule has 0 bridgehead atoms. The first-order valence-corrected chi connectivity index (χ1v) is 5.19. The fourth-order valence-corrected chi connectivity index (χ4v) is 4.91. The summed E-state index contributed by atoms with van der Waals surface area (Å²) in [6.45, 7) is 7.43. The molecule has 62 valence electrons. The Labute approximate surface area is 69.4 Å². The van der Waals surface area contributed by atoms with Gasteiger partial charge in [0.25, 0.3) is 0 Å². The topological polar surface area (TPSA) is 0 Å². The summed E-state index contributed by atoms with van der Waals surface area (Å²) in [5, 5.41) is 0. The SMILES string of the molecule is CC1C(C)C23C(C)CC2CC13. The maximum atomic E-state index is 2.49. The van der Waals surface area contributed by atoms with Crippen LogP contribution in [0.5, 0.6) is 0 Å². The largest absolute Gasteiger partial charge is 0.0619 e. The third-order valence-corrected chi connectivity index (χ3v) is 5.59. The molecule has 0 aromatic carbocycles. The Morgan fingerprint density at radius 1 is 1.09 bits per heavy atom. The summed E-state index contributed by atoms with van der Waals surface area (Å²) in [7, 11) is 0. The second-order valence-electron chi connectivity index (χ2n) is 5.32. The summed E-state index contributed by atoms with van der Waals surface area (Å²) in [6.07, 6.45) is 3.13. The monoisotopic (exact) mass is 150 g/mol. The van der Waals surface area contributed by atoms with Gasteiger partial charge in [0, 0.05) is 0 Å². The molecule has 0 amide bonds. The molecular weight excluding hydrogens is 132 g/mol. The summed E-state index contributed by atoms with van der Waals surface area (Å²) in [4.78, 5) is 0. The molecule has 6 unspecified atom stereocenters. The minimum absolute atomic E-state index is 0.888. The molecule has 3 aliphatic carbocycles. The van der Waals surface area contributed by atoms with Gasteiger partial charge in [0.1, 0.15) is 0 Å². The van der Waals surface area contributed by atoms with Gasteiger partial charge < -0.3 is 0 Å². The minimum atomic E-state index is 0.888. The molecule has 0 aromatic heterocycles. The second kappa shape index (κ2) is 1.53. The average molecular weight is 150 g/mol. The molecule has 3 rings (SSSR count). The molecule has 0 radical (unpaired) electrons. The fourth-order valence-electron chi connectivity index (χ4n) is 4.91. The van der Waals surface area contributed by atoms with Crippen molar-refractivity contribution in [2.75, 3.05) is 0 Å². The lowest BCUT2D eigenvalue weighted by Gasteiger charge is -2.81. The highest BCUT2D eigenvalue weighted by Crippen LogP contribution is 2.81. The van der Waals surface area contributed by atoms with Crippen LogP contribution < -0.4 is 0 Å². The lowest BCUT2D eigenvalue weighted by atomic mass is 9.24. The first kappa shape index (κ1) is 6.51. The summed E-state index contributed by atoms with van der Waals surface area (Å²) >= 11 is 0. The molecule has 0 saturated heterocycles. The van der Waals surface area contributed by atoms with Crippen LogP contribution in [0.4, 0.5) is 0 Å². The zero-order valence-electron chi connectivity index (χ0n) is 7.80. The van der Waals surface area contributed by atoms with E-state index in [0.717, 1.165) is 35.0 Å². The van der Waals surface area contributed by atoms with Gasteiger partial charge in [-0.1, -0.05) is 20.8 Å². The first-order chi connectivity index (χ1) is 5.19. The van der Waals surface area contributed by atoms with Gasteiger partial charge in [0.2, 0.25) is 0 Å². The highest BCUT2D eigenvalue weighted by molar-refractivity contribution is 5.22. The zero-order chi connectivity index (χ0) is 7.80. The van der Waals surface area contributed by atoms with Crippen molar-refractivity contribution in [3.63, 3.8) is 0 Å². The molecule has 3 saturated carbocycles. The average Bonchev–Trinajstić information content (AvgIpc) is 1.97. The molecule has 0 heteroatoms.